The van der Waals surface area contributed by atoms with Gasteiger partial charge in [-0.1, -0.05) is 12.1 Å². The van der Waals surface area contributed by atoms with Gasteiger partial charge in [0.1, 0.15) is 5.75 Å². The maximum Gasteiger partial charge on any atom is 0.416 e. The highest BCUT2D eigenvalue weighted by Crippen LogP contribution is 2.32. The van der Waals surface area contributed by atoms with Crippen molar-refractivity contribution in [2.45, 2.75) is 6.18 Å². The fourth-order valence-corrected chi connectivity index (χ4v) is 3.09. The zero-order valence-electron chi connectivity index (χ0n) is 17.8. The summed E-state index contributed by atoms with van der Waals surface area (Å²) in [5, 5.41) is 5.35. The van der Waals surface area contributed by atoms with E-state index in [0.29, 0.717) is 23.0 Å². The van der Waals surface area contributed by atoms with Crippen LogP contribution in [0.15, 0.2) is 79.1 Å². The monoisotopic (exact) mass is 465 g/mol. The third kappa shape index (κ3) is 5.29. The fourth-order valence-electron chi connectivity index (χ4n) is 3.09. The number of amides is 1. The van der Waals surface area contributed by atoms with Gasteiger partial charge in [-0.25, -0.2) is 15.0 Å². The average Bonchev–Trinajstić information content (AvgIpc) is 2.84. The van der Waals surface area contributed by atoms with E-state index in [1.165, 1.54) is 24.3 Å². The number of ether oxygens (including phenoxy) is 1. The summed E-state index contributed by atoms with van der Waals surface area (Å²) >= 11 is 0. The van der Waals surface area contributed by atoms with Crippen LogP contribution in [0.1, 0.15) is 15.9 Å². The number of aromatic nitrogens is 3. The third-order valence-electron chi connectivity index (χ3n) is 4.68. The lowest BCUT2D eigenvalue weighted by atomic mass is 10.1. The fraction of sp³-hybridized carbons (Fsp3) is 0.0833. The van der Waals surface area contributed by atoms with Gasteiger partial charge in [0.25, 0.3) is 5.91 Å². The van der Waals surface area contributed by atoms with Gasteiger partial charge >= 0.3 is 6.18 Å². The summed E-state index contributed by atoms with van der Waals surface area (Å²) in [6.07, 6.45) is -1.35. The van der Waals surface area contributed by atoms with Gasteiger partial charge in [-0.2, -0.15) is 13.2 Å². The first kappa shape index (κ1) is 22.7. The third-order valence-corrected chi connectivity index (χ3v) is 4.68. The van der Waals surface area contributed by atoms with E-state index in [2.05, 4.69) is 25.6 Å². The Hall–Kier alpha value is -4.47. The Kier molecular flexibility index (Phi) is 6.39. The first-order chi connectivity index (χ1) is 16.3. The second-order valence-corrected chi connectivity index (χ2v) is 7.03. The predicted octanol–water partition coefficient (Wildman–Crippen LogP) is 5.64. The zero-order chi connectivity index (χ0) is 24.1. The molecule has 4 aromatic rings. The van der Waals surface area contributed by atoms with Crippen LogP contribution in [0.2, 0.25) is 0 Å². The number of nitrogens with zero attached hydrogens (tertiary/aromatic N) is 3. The van der Waals surface area contributed by atoms with Gasteiger partial charge in [-0.05, 0) is 54.6 Å². The molecule has 2 aromatic heterocycles. The molecule has 10 heteroatoms. The largest absolute Gasteiger partial charge is 0.438 e. The Labute approximate surface area is 192 Å². The summed E-state index contributed by atoms with van der Waals surface area (Å²) < 4.78 is 44.7. The lowest BCUT2D eigenvalue weighted by Crippen LogP contribution is -2.13. The van der Waals surface area contributed by atoms with E-state index in [9.17, 15) is 18.0 Å². The van der Waals surface area contributed by atoms with E-state index >= 15 is 0 Å². The van der Waals surface area contributed by atoms with Gasteiger partial charge in [0.15, 0.2) is 0 Å². The summed E-state index contributed by atoms with van der Waals surface area (Å²) in [5.41, 5.74) is 0.575. The minimum atomic E-state index is -4.51. The molecule has 34 heavy (non-hydrogen) atoms. The molecule has 0 bridgehead atoms. The molecule has 0 saturated heterocycles. The first-order valence-corrected chi connectivity index (χ1v) is 10.1. The van der Waals surface area contributed by atoms with E-state index in [-0.39, 0.29) is 17.1 Å². The van der Waals surface area contributed by atoms with Gasteiger partial charge in [-0.3, -0.25) is 4.79 Å². The lowest BCUT2D eigenvalue weighted by Gasteiger charge is -2.12. The number of pyridine rings is 1. The number of hydrogen-bond donors (Lipinski definition) is 2. The molecule has 172 valence electrons. The number of carbonyl (C=O) groups is 1. The Balaban J connectivity index is 1.56. The van der Waals surface area contributed by atoms with Gasteiger partial charge in [-0.15, -0.1) is 0 Å². The highest BCUT2D eigenvalue weighted by molar-refractivity contribution is 6.04. The van der Waals surface area contributed by atoms with E-state index in [0.717, 1.165) is 12.1 Å². The molecule has 0 aliphatic heterocycles. The molecule has 0 atom stereocenters. The summed E-state index contributed by atoms with van der Waals surface area (Å²) in [4.78, 5) is 25.4. The topological polar surface area (TPSA) is 89.0 Å². The molecule has 0 spiro atoms. The minimum absolute atomic E-state index is 0.0299. The van der Waals surface area contributed by atoms with Crippen LogP contribution in [0, 0.1) is 0 Å². The van der Waals surface area contributed by atoms with Crippen molar-refractivity contribution < 1.29 is 22.7 Å². The van der Waals surface area contributed by atoms with Crippen LogP contribution in [0.5, 0.6) is 11.6 Å². The smallest absolute Gasteiger partial charge is 0.416 e. The highest BCUT2D eigenvalue weighted by atomic mass is 19.4. The van der Waals surface area contributed by atoms with Crippen molar-refractivity contribution in [2.75, 3.05) is 17.7 Å². The Morgan fingerprint density at radius 1 is 0.941 bits per heavy atom. The molecule has 2 N–H and O–H groups in total. The van der Waals surface area contributed by atoms with Crippen molar-refractivity contribution in [3.8, 4) is 22.9 Å². The van der Waals surface area contributed by atoms with Crippen molar-refractivity contribution in [1.29, 1.82) is 0 Å². The van der Waals surface area contributed by atoms with Crippen LogP contribution < -0.4 is 15.4 Å². The molecule has 0 fully saturated rings. The summed E-state index contributed by atoms with van der Waals surface area (Å²) in [7, 11) is 1.70. The molecule has 0 aliphatic rings. The Bertz CT molecular complexity index is 1330. The van der Waals surface area contributed by atoms with Crippen LogP contribution >= 0.6 is 0 Å². The first-order valence-electron chi connectivity index (χ1n) is 10.1. The molecule has 7 nitrogen and oxygen atoms in total. The minimum Gasteiger partial charge on any atom is -0.438 e. The second kappa shape index (κ2) is 9.57. The van der Waals surface area contributed by atoms with Gasteiger partial charge < -0.3 is 15.4 Å². The quantitative estimate of drug-likeness (QED) is 0.383. The Morgan fingerprint density at radius 2 is 1.76 bits per heavy atom. The summed E-state index contributed by atoms with van der Waals surface area (Å²) in [6, 6.07) is 15.9. The van der Waals surface area contributed by atoms with E-state index in [1.807, 2.05) is 0 Å². The average molecular weight is 465 g/mol. The molecule has 0 aliphatic carbocycles. The van der Waals surface area contributed by atoms with Crippen molar-refractivity contribution in [3.05, 3.63) is 90.3 Å². The molecule has 2 heterocycles. The lowest BCUT2D eigenvalue weighted by molar-refractivity contribution is -0.137. The Morgan fingerprint density at radius 3 is 2.56 bits per heavy atom. The zero-order valence-corrected chi connectivity index (χ0v) is 17.8. The van der Waals surface area contributed by atoms with Crippen molar-refractivity contribution in [3.63, 3.8) is 0 Å². The summed E-state index contributed by atoms with van der Waals surface area (Å²) in [5.74, 6) is 0.430. The van der Waals surface area contributed by atoms with Gasteiger partial charge in [0.05, 0.1) is 16.8 Å². The van der Waals surface area contributed by atoms with Crippen molar-refractivity contribution >= 4 is 17.5 Å². The highest BCUT2D eigenvalue weighted by Gasteiger charge is 2.30. The van der Waals surface area contributed by atoms with E-state index in [4.69, 9.17) is 4.74 Å². The maximum absolute atomic E-state index is 12.9. The molecule has 2 aromatic carbocycles. The van der Waals surface area contributed by atoms with Gasteiger partial charge in [0, 0.05) is 30.7 Å². The van der Waals surface area contributed by atoms with Crippen molar-refractivity contribution in [1.82, 2.24) is 15.0 Å². The number of benzene rings is 2. The number of hydrogen-bond acceptors (Lipinski definition) is 6. The van der Waals surface area contributed by atoms with Crippen LogP contribution in [-0.2, 0) is 6.18 Å². The normalized spacial score (nSPS) is 11.1. The SMILES string of the molecule is CNc1nccc(-c2cccnc2Oc2cccc(C(=O)Nc3cccc(C(F)(F)F)c3)c2)n1. The number of halogens is 3. The number of anilines is 2. The molecule has 4 rings (SSSR count). The van der Waals surface area contributed by atoms with Crippen LogP contribution in [0.25, 0.3) is 11.3 Å². The van der Waals surface area contributed by atoms with E-state index < -0.39 is 17.6 Å². The second-order valence-electron chi connectivity index (χ2n) is 7.03. The van der Waals surface area contributed by atoms with Crippen molar-refractivity contribution in [2.24, 2.45) is 0 Å². The number of carbonyl (C=O) groups excluding carboxylic acids is 1. The molecule has 0 saturated carbocycles. The molecular weight excluding hydrogens is 447 g/mol. The maximum atomic E-state index is 12.9. The number of rotatable bonds is 6. The van der Waals surface area contributed by atoms with Crippen LogP contribution in [-0.4, -0.2) is 27.9 Å². The standard InChI is InChI=1S/C24H18F3N5O2/c1-28-23-30-12-10-20(32-23)19-9-4-11-29-22(19)34-18-8-2-5-15(13-18)21(33)31-17-7-3-6-16(14-17)24(25,26)27/h2-14H,1H3,(H,31,33)(H,28,30,32). The number of nitrogens with one attached hydrogen (secondary N) is 2. The number of alkyl halides is 3. The molecular formula is C24H18F3N5O2. The predicted molar refractivity (Wildman–Crippen MR) is 121 cm³/mol. The molecule has 0 radical (unpaired) electrons. The van der Waals surface area contributed by atoms with Gasteiger partial charge in [0.2, 0.25) is 11.8 Å². The van der Waals surface area contributed by atoms with Crippen LogP contribution in [0.3, 0.4) is 0 Å². The summed E-state index contributed by atoms with van der Waals surface area (Å²) in [6.45, 7) is 0. The molecule has 0 unspecified atom stereocenters. The van der Waals surface area contributed by atoms with Crippen LogP contribution in [0.4, 0.5) is 24.8 Å². The van der Waals surface area contributed by atoms with E-state index in [1.54, 1.807) is 49.8 Å². The molecule has 1 amide bonds.